The van der Waals surface area contributed by atoms with Gasteiger partial charge in [0, 0.05) is 13.8 Å². The van der Waals surface area contributed by atoms with Gasteiger partial charge in [0.25, 0.3) is 0 Å². The molecule has 1 aromatic rings. The van der Waals surface area contributed by atoms with Crippen LogP contribution in [0.1, 0.15) is 46.0 Å². The summed E-state index contributed by atoms with van der Waals surface area (Å²) in [5.41, 5.74) is 2.53. The molecule has 0 bridgehead atoms. The molecule has 0 aliphatic carbocycles. The zero-order valence-electron chi connectivity index (χ0n) is 8.84. The highest BCUT2D eigenvalue weighted by atomic mass is 16.1. The number of rotatable bonds is 2. The van der Waals surface area contributed by atoms with E-state index in [1.54, 1.807) is 6.07 Å². The van der Waals surface area contributed by atoms with E-state index < -0.39 is 0 Å². The molecule has 3 nitrogen and oxygen atoms in total. The van der Waals surface area contributed by atoms with Crippen LogP contribution in [0.15, 0.2) is 6.07 Å². The van der Waals surface area contributed by atoms with Gasteiger partial charge in [0.15, 0.2) is 11.6 Å². The minimum absolute atomic E-state index is 0.103. The Morgan fingerprint density at radius 2 is 1.71 bits per heavy atom. The van der Waals surface area contributed by atoms with Crippen molar-refractivity contribution < 1.29 is 9.59 Å². The maximum absolute atomic E-state index is 11.2. The number of pyridine rings is 1. The van der Waals surface area contributed by atoms with E-state index in [1.807, 2.05) is 13.8 Å². The maximum atomic E-state index is 11.2. The first-order valence-electron chi connectivity index (χ1n) is 4.43. The first kappa shape index (κ1) is 10.6. The highest BCUT2D eigenvalue weighted by molar-refractivity contribution is 5.97. The lowest BCUT2D eigenvalue weighted by molar-refractivity contribution is 0.100. The van der Waals surface area contributed by atoms with Crippen molar-refractivity contribution in [2.75, 3.05) is 0 Å². The highest BCUT2D eigenvalue weighted by Gasteiger charge is 2.11. The Balaban J connectivity index is 3.43. The van der Waals surface area contributed by atoms with Gasteiger partial charge in [-0.05, 0) is 31.0 Å². The quantitative estimate of drug-likeness (QED) is 0.672. The van der Waals surface area contributed by atoms with Crippen molar-refractivity contribution in [3.05, 3.63) is 28.6 Å². The fourth-order valence-corrected chi connectivity index (χ4v) is 1.26. The smallest absolute Gasteiger partial charge is 0.178 e. The lowest BCUT2D eigenvalue weighted by Crippen LogP contribution is -2.08. The van der Waals surface area contributed by atoms with Crippen LogP contribution in [0.3, 0.4) is 0 Å². The molecule has 0 spiro atoms. The molecule has 1 heterocycles. The fraction of sp³-hybridized carbons (Fsp3) is 0.364. The van der Waals surface area contributed by atoms with Crippen molar-refractivity contribution in [3.63, 3.8) is 0 Å². The van der Waals surface area contributed by atoms with E-state index >= 15 is 0 Å². The van der Waals surface area contributed by atoms with Gasteiger partial charge in [-0.25, -0.2) is 4.98 Å². The van der Waals surface area contributed by atoms with E-state index in [9.17, 15) is 9.59 Å². The summed E-state index contributed by atoms with van der Waals surface area (Å²) in [4.78, 5) is 26.4. The Hall–Kier alpha value is -1.51. The first-order chi connectivity index (χ1) is 6.43. The van der Waals surface area contributed by atoms with E-state index in [0.29, 0.717) is 11.4 Å². The average Bonchev–Trinajstić information content (AvgIpc) is 2.08. The maximum Gasteiger partial charge on any atom is 0.178 e. The Morgan fingerprint density at radius 1 is 1.14 bits per heavy atom. The van der Waals surface area contributed by atoms with Gasteiger partial charge in [-0.15, -0.1) is 0 Å². The number of carbonyl (C=O) groups excluding carboxylic acids is 2. The molecule has 0 aliphatic rings. The van der Waals surface area contributed by atoms with E-state index in [4.69, 9.17) is 0 Å². The number of Topliss-reactive ketones (excluding diaryl/α,β-unsaturated/α-hetero) is 2. The fourth-order valence-electron chi connectivity index (χ4n) is 1.26. The normalized spacial score (nSPS) is 10.0. The molecule has 0 saturated carbocycles. The Kier molecular flexibility index (Phi) is 2.79. The van der Waals surface area contributed by atoms with Crippen LogP contribution in [0.2, 0.25) is 0 Å². The molecule has 0 unspecified atom stereocenters. The van der Waals surface area contributed by atoms with Crippen LogP contribution in [-0.2, 0) is 0 Å². The summed E-state index contributed by atoms with van der Waals surface area (Å²) in [6.45, 7) is 6.61. The van der Waals surface area contributed by atoms with E-state index in [0.717, 1.165) is 11.1 Å². The molecule has 3 heteroatoms. The predicted octanol–water partition coefficient (Wildman–Crippen LogP) is 2.10. The van der Waals surface area contributed by atoms with Crippen molar-refractivity contribution in [1.29, 1.82) is 0 Å². The first-order valence-corrected chi connectivity index (χ1v) is 4.43. The molecule has 0 N–H and O–H groups in total. The van der Waals surface area contributed by atoms with Crippen molar-refractivity contribution in [3.8, 4) is 0 Å². The zero-order valence-corrected chi connectivity index (χ0v) is 8.84. The van der Waals surface area contributed by atoms with Crippen LogP contribution < -0.4 is 0 Å². The van der Waals surface area contributed by atoms with Crippen LogP contribution >= 0.6 is 0 Å². The molecule has 74 valence electrons. The molecular weight excluding hydrogens is 178 g/mol. The van der Waals surface area contributed by atoms with E-state index in [2.05, 4.69) is 4.98 Å². The van der Waals surface area contributed by atoms with Gasteiger partial charge in [0.2, 0.25) is 0 Å². The summed E-state index contributed by atoms with van der Waals surface area (Å²) in [7, 11) is 0. The molecule has 0 amide bonds. The second kappa shape index (κ2) is 3.70. The Morgan fingerprint density at radius 3 is 2.14 bits per heavy atom. The molecule has 0 saturated heterocycles. The second-order valence-electron chi connectivity index (χ2n) is 3.41. The van der Waals surface area contributed by atoms with Gasteiger partial charge in [-0.3, -0.25) is 9.59 Å². The lowest BCUT2D eigenvalue weighted by atomic mass is 10.0. The predicted molar refractivity (Wildman–Crippen MR) is 53.7 cm³/mol. The number of aromatic nitrogens is 1. The van der Waals surface area contributed by atoms with Crippen LogP contribution in [-0.4, -0.2) is 16.6 Å². The monoisotopic (exact) mass is 191 g/mol. The minimum Gasteiger partial charge on any atom is -0.293 e. The van der Waals surface area contributed by atoms with E-state index in [1.165, 1.54) is 13.8 Å². The summed E-state index contributed by atoms with van der Waals surface area (Å²) < 4.78 is 0. The standard InChI is InChI=1S/C11H13NO2/c1-6-5-10(8(3)13)12-11(7(6)2)9(4)14/h5H,1-4H3. The molecular formula is C11H13NO2. The van der Waals surface area contributed by atoms with Gasteiger partial charge in [-0.2, -0.15) is 0 Å². The third-order valence-corrected chi connectivity index (χ3v) is 2.23. The SMILES string of the molecule is CC(=O)c1cc(C)c(C)c(C(C)=O)n1. The molecule has 0 aromatic carbocycles. The molecule has 0 fully saturated rings. The number of hydrogen-bond donors (Lipinski definition) is 0. The van der Waals surface area contributed by atoms with Crippen molar-refractivity contribution in [2.24, 2.45) is 0 Å². The van der Waals surface area contributed by atoms with Crippen LogP contribution in [0.4, 0.5) is 0 Å². The largest absolute Gasteiger partial charge is 0.293 e. The number of nitrogens with zero attached hydrogens (tertiary/aromatic N) is 1. The van der Waals surface area contributed by atoms with Crippen molar-refractivity contribution in [2.45, 2.75) is 27.7 Å². The average molecular weight is 191 g/mol. The Bertz CT molecular complexity index is 408. The molecule has 0 radical (unpaired) electrons. The second-order valence-corrected chi connectivity index (χ2v) is 3.41. The molecule has 0 aliphatic heterocycles. The summed E-state index contributed by atoms with van der Waals surface area (Å²) in [6.07, 6.45) is 0. The van der Waals surface area contributed by atoms with Crippen molar-refractivity contribution >= 4 is 11.6 Å². The highest BCUT2D eigenvalue weighted by Crippen LogP contribution is 2.13. The van der Waals surface area contributed by atoms with Crippen LogP contribution in [0.5, 0.6) is 0 Å². The number of carbonyl (C=O) groups is 2. The van der Waals surface area contributed by atoms with Gasteiger partial charge >= 0.3 is 0 Å². The third kappa shape index (κ3) is 1.87. The van der Waals surface area contributed by atoms with Gasteiger partial charge < -0.3 is 0 Å². The van der Waals surface area contributed by atoms with Gasteiger partial charge in [-0.1, -0.05) is 0 Å². The molecule has 14 heavy (non-hydrogen) atoms. The molecule has 0 atom stereocenters. The lowest BCUT2D eigenvalue weighted by Gasteiger charge is -2.06. The minimum atomic E-state index is -0.115. The Labute approximate surface area is 83.2 Å². The summed E-state index contributed by atoms with van der Waals surface area (Å²) >= 11 is 0. The number of hydrogen-bond acceptors (Lipinski definition) is 3. The van der Waals surface area contributed by atoms with E-state index in [-0.39, 0.29) is 11.6 Å². The molecule has 1 aromatic heterocycles. The summed E-state index contributed by atoms with van der Waals surface area (Å²) in [5, 5.41) is 0. The number of ketones is 2. The van der Waals surface area contributed by atoms with Crippen LogP contribution in [0, 0.1) is 13.8 Å². The third-order valence-electron chi connectivity index (χ3n) is 2.23. The van der Waals surface area contributed by atoms with Crippen LogP contribution in [0.25, 0.3) is 0 Å². The molecule has 1 rings (SSSR count). The van der Waals surface area contributed by atoms with Gasteiger partial charge in [0.05, 0.1) is 0 Å². The van der Waals surface area contributed by atoms with Crippen molar-refractivity contribution in [1.82, 2.24) is 4.98 Å². The topological polar surface area (TPSA) is 47.0 Å². The van der Waals surface area contributed by atoms with Gasteiger partial charge in [0.1, 0.15) is 11.4 Å². The zero-order chi connectivity index (χ0) is 10.9. The number of aryl methyl sites for hydroxylation is 1. The summed E-state index contributed by atoms with van der Waals surface area (Å²) in [6, 6.07) is 1.71. The summed E-state index contributed by atoms with van der Waals surface area (Å²) in [5.74, 6) is -0.218.